The molecule has 2 aromatic carbocycles. The van der Waals surface area contributed by atoms with E-state index in [1.807, 2.05) is 12.1 Å². The minimum atomic E-state index is -0.0543. The highest BCUT2D eigenvalue weighted by Gasteiger charge is 2.14. The number of rotatable bonds is 3. The van der Waals surface area contributed by atoms with Gasteiger partial charge in [-0.2, -0.15) is 0 Å². The predicted molar refractivity (Wildman–Crippen MR) is 84.3 cm³/mol. The zero-order chi connectivity index (χ0) is 15.0. The largest absolute Gasteiger partial charge is 0.496 e. The first-order valence-electron chi connectivity index (χ1n) is 6.45. The number of aromatic nitrogens is 1. The number of halogens is 1. The Labute approximate surface area is 126 Å². The Hall–Kier alpha value is -2.04. The normalized spacial score (nSPS) is 11.2. The molecule has 0 saturated heterocycles. The van der Waals surface area contributed by atoms with E-state index < -0.39 is 0 Å². The number of benzene rings is 2. The Morgan fingerprint density at radius 1 is 1.14 bits per heavy atom. The van der Waals surface area contributed by atoms with E-state index in [0.717, 1.165) is 11.1 Å². The highest BCUT2D eigenvalue weighted by molar-refractivity contribution is 6.31. The van der Waals surface area contributed by atoms with Crippen LogP contribution in [0.1, 0.15) is 5.56 Å². The molecule has 1 aromatic heterocycles. The molecule has 3 rings (SSSR count). The fourth-order valence-electron chi connectivity index (χ4n) is 2.57. The quantitative estimate of drug-likeness (QED) is 0.754. The third-order valence-electron chi connectivity index (χ3n) is 3.50. The van der Waals surface area contributed by atoms with Crippen molar-refractivity contribution in [3.8, 4) is 5.75 Å². The van der Waals surface area contributed by atoms with Gasteiger partial charge in [-0.1, -0.05) is 11.6 Å². The van der Waals surface area contributed by atoms with Crippen LogP contribution in [0, 0.1) is 0 Å². The Balaban J connectivity index is 2.48. The van der Waals surface area contributed by atoms with Gasteiger partial charge < -0.3 is 14.5 Å². The topological polar surface area (TPSA) is 51.3 Å². The molecule has 0 spiro atoms. The van der Waals surface area contributed by atoms with Gasteiger partial charge >= 0.3 is 0 Å². The van der Waals surface area contributed by atoms with E-state index in [-0.39, 0.29) is 5.43 Å². The lowest BCUT2D eigenvalue weighted by molar-refractivity contribution is 0.183. The van der Waals surface area contributed by atoms with Gasteiger partial charge in [0.15, 0.2) is 5.43 Å². The number of hydrogen-bond acceptors (Lipinski definition) is 3. The first-order chi connectivity index (χ1) is 10.2. The summed E-state index contributed by atoms with van der Waals surface area (Å²) in [6.07, 6.45) is 0. The van der Waals surface area contributed by atoms with Gasteiger partial charge in [-0.25, -0.2) is 0 Å². The van der Waals surface area contributed by atoms with E-state index >= 15 is 0 Å². The smallest absolute Gasteiger partial charge is 0.197 e. The number of fused-ring (bicyclic) bond motifs is 2. The Morgan fingerprint density at radius 3 is 2.67 bits per heavy atom. The molecule has 1 heterocycles. The fourth-order valence-corrected chi connectivity index (χ4v) is 2.74. The van der Waals surface area contributed by atoms with E-state index in [1.165, 1.54) is 0 Å². The monoisotopic (exact) mass is 303 g/mol. The molecule has 1 N–H and O–H groups in total. The van der Waals surface area contributed by atoms with Gasteiger partial charge in [-0.15, -0.1) is 0 Å². The second-order valence-electron chi connectivity index (χ2n) is 4.75. The number of H-pyrrole nitrogens is 1. The lowest BCUT2D eigenvalue weighted by Crippen LogP contribution is -2.08. The molecule has 0 fully saturated rings. The van der Waals surface area contributed by atoms with Gasteiger partial charge in [0.1, 0.15) is 5.75 Å². The number of nitrogens with one attached hydrogen (secondary N) is 1. The minimum absolute atomic E-state index is 0.0543. The molecule has 108 valence electrons. The maximum absolute atomic E-state index is 12.8. The van der Waals surface area contributed by atoms with Crippen molar-refractivity contribution in [3.05, 3.63) is 51.1 Å². The third kappa shape index (κ3) is 2.26. The van der Waals surface area contributed by atoms with E-state index in [1.54, 1.807) is 32.4 Å². The van der Waals surface area contributed by atoms with Crippen LogP contribution in [0.3, 0.4) is 0 Å². The Morgan fingerprint density at radius 2 is 1.95 bits per heavy atom. The molecule has 0 aliphatic carbocycles. The Kier molecular flexibility index (Phi) is 3.57. The number of aromatic amines is 1. The molecular formula is C16H14ClNO3. The molecule has 0 aliphatic heterocycles. The van der Waals surface area contributed by atoms with Gasteiger partial charge in [0.2, 0.25) is 0 Å². The van der Waals surface area contributed by atoms with E-state index in [9.17, 15) is 4.79 Å². The van der Waals surface area contributed by atoms with Crippen molar-refractivity contribution in [1.29, 1.82) is 0 Å². The van der Waals surface area contributed by atoms with Crippen LogP contribution in [0.4, 0.5) is 0 Å². The van der Waals surface area contributed by atoms with Gasteiger partial charge in [-0.3, -0.25) is 4.79 Å². The summed E-state index contributed by atoms with van der Waals surface area (Å²) < 4.78 is 10.5. The van der Waals surface area contributed by atoms with Crippen molar-refractivity contribution in [1.82, 2.24) is 4.98 Å². The van der Waals surface area contributed by atoms with E-state index in [4.69, 9.17) is 21.1 Å². The molecule has 4 nitrogen and oxygen atoms in total. The maximum Gasteiger partial charge on any atom is 0.197 e. The number of methoxy groups -OCH3 is 2. The number of ether oxygens (including phenoxy) is 2. The van der Waals surface area contributed by atoms with Gasteiger partial charge in [0.25, 0.3) is 0 Å². The first kappa shape index (κ1) is 13.9. The highest BCUT2D eigenvalue weighted by Crippen LogP contribution is 2.27. The van der Waals surface area contributed by atoms with Gasteiger partial charge in [-0.05, 0) is 30.3 Å². The van der Waals surface area contributed by atoms with Crippen molar-refractivity contribution in [2.24, 2.45) is 0 Å². The van der Waals surface area contributed by atoms with Crippen LogP contribution in [0.25, 0.3) is 21.8 Å². The zero-order valence-electron chi connectivity index (χ0n) is 11.7. The van der Waals surface area contributed by atoms with Crippen molar-refractivity contribution in [3.63, 3.8) is 0 Å². The standard InChI is InChI=1S/C16H14ClNO3/c1-20-8-11-14(21-2)6-5-12-15(11)16(19)10-4-3-9(17)7-13(10)18-12/h3-7H,8H2,1-2H3,(H,18,19). The SMILES string of the molecule is COCc1c(OC)ccc2[nH]c3cc(Cl)ccc3c(=O)c12. The van der Waals surface area contributed by atoms with Crippen LogP contribution >= 0.6 is 11.6 Å². The molecule has 3 aromatic rings. The average Bonchev–Trinajstić information content (AvgIpc) is 2.47. The first-order valence-corrected chi connectivity index (χ1v) is 6.83. The number of pyridine rings is 1. The molecule has 0 aliphatic rings. The summed E-state index contributed by atoms with van der Waals surface area (Å²) in [4.78, 5) is 16.0. The van der Waals surface area contributed by atoms with E-state index in [0.29, 0.717) is 33.7 Å². The molecule has 5 heteroatoms. The molecule has 0 radical (unpaired) electrons. The summed E-state index contributed by atoms with van der Waals surface area (Å²) in [6, 6.07) is 8.84. The molecule has 0 atom stereocenters. The Bertz CT molecular complexity index is 886. The third-order valence-corrected chi connectivity index (χ3v) is 3.74. The number of hydrogen-bond donors (Lipinski definition) is 1. The van der Waals surface area contributed by atoms with Crippen LogP contribution in [0.5, 0.6) is 5.75 Å². The molecule has 0 amide bonds. The zero-order valence-corrected chi connectivity index (χ0v) is 12.5. The van der Waals surface area contributed by atoms with Crippen molar-refractivity contribution in [2.75, 3.05) is 14.2 Å². The van der Waals surface area contributed by atoms with Crippen molar-refractivity contribution >= 4 is 33.4 Å². The van der Waals surface area contributed by atoms with Gasteiger partial charge in [0.05, 0.1) is 30.1 Å². The van der Waals surface area contributed by atoms with Crippen LogP contribution in [-0.2, 0) is 11.3 Å². The van der Waals surface area contributed by atoms with Crippen molar-refractivity contribution in [2.45, 2.75) is 6.61 Å². The fraction of sp³-hybridized carbons (Fsp3) is 0.188. The molecule has 0 bridgehead atoms. The summed E-state index contributed by atoms with van der Waals surface area (Å²) >= 11 is 5.99. The summed E-state index contributed by atoms with van der Waals surface area (Å²) in [6.45, 7) is 0.308. The average molecular weight is 304 g/mol. The van der Waals surface area contributed by atoms with E-state index in [2.05, 4.69) is 4.98 Å². The van der Waals surface area contributed by atoms with Crippen LogP contribution in [0.2, 0.25) is 5.02 Å². The molecule has 0 unspecified atom stereocenters. The van der Waals surface area contributed by atoms with Crippen LogP contribution in [-0.4, -0.2) is 19.2 Å². The van der Waals surface area contributed by atoms with Crippen LogP contribution < -0.4 is 10.2 Å². The highest BCUT2D eigenvalue weighted by atomic mass is 35.5. The predicted octanol–water partition coefficient (Wildman–Crippen LogP) is 3.49. The second kappa shape index (κ2) is 5.39. The summed E-state index contributed by atoms with van der Waals surface area (Å²) in [7, 11) is 3.17. The summed E-state index contributed by atoms with van der Waals surface area (Å²) in [5, 5.41) is 1.77. The van der Waals surface area contributed by atoms with Crippen molar-refractivity contribution < 1.29 is 9.47 Å². The summed E-state index contributed by atoms with van der Waals surface area (Å²) in [5.74, 6) is 0.642. The summed E-state index contributed by atoms with van der Waals surface area (Å²) in [5.41, 5.74) is 2.15. The maximum atomic E-state index is 12.8. The van der Waals surface area contributed by atoms with Crippen LogP contribution in [0.15, 0.2) is 35.1 Å². The lowest BCUT2D eigenvalue weighted by Gasteiger charge is -2.12. The molecular weight excluding hydrogens is 290 g/mol. The van der Waals surface area contributed by atoms with Gasteiger partial charge in [0, 0.05) is 23.1 Å². The minimum Gasteiger partial charge on any atom is -0.496 e. The lowest BCUT2D eigenvalue weighted by atomic mass is 10.0. The molecule has 0 saturated carbocycles. The second-order valence-corrected chi connectivity index (χ2v) is 5.18. The molecule has 21 heavy (non-hydrogen) atoms.